The highest BCUT2D eigenvalue weighted by molar-refractivity contribution is 7.89. The van der Waals surface area contributed by atoms with E-state index in [2.05, 4.69) is 6.58 Å². The van der Waals surface area contributed by atoms with Crippen LogP contribution in [0.2, 0.25) is 0 Å². The molecular formula is C5H9NO5S. The van der Waals surface area contributed by atoms with Crippen molar-refractivity contribution in [2.75, 3.05) is 0 Å². The Morgan fingerprint density at radius 1 is 1.58 bits per heavy atom. The van der Waals surface area contributed by atoms with E-state index in [4.69, 9.17) is 15.4 Å². The number of rotatable bonds is 4. The van der Waals surface area contributed by atoms with Crippen LogP contribution >= 0.6 is 0 Å². The van der Waals surface area contributed by atoms with Crippen molar-refractivity contribution < 1.29 is 22.9 Å². The van der Waals surface area contributed by atoms with Crippen LogP contribution in [0.1, 0.15) is 6.42 Å². The lowest BCUT2D eigenvalue weighted by atomic mass is 10.2. The van der Waals surface area contributed by atoms with Crippen LogP contribution in [0.4, 0.5) is 0 Å². The van der Waals surface area contributed by atoms with Gasteiger partial charge in [-0.2, -0.15) is 8.42 Å². The molecule has 1 atom stereocenters. The van der Waals surface area contributed by atoms with Crippen molar-refractivity contribution in [3.05, 3.63) is 11.5 Å². The van der Waals surface area contributed by atoms with E-state index in [9.17, 15) is 13.2 Å². The molecule has 0 spiro atoms. The molecule has 0 amide bonds. The zero-order valence-electron chi connectivity index (χ0n) is 6.10. The molecule has 7 heteroatoms. The van der Waals surface area contributed by atoms with E-state index in [1.165, 1.54) is 0 Å². The van der Waals surface area contributed by atoms with Crippen molar-refractivity contribution in [1.29, 1.82) is 0 Å². The van der Waals surface area contributed by atoms with Crippen LogP contribution in [0, 0.1) is 0 Å². The molecule has 0 heterocycles. The second kappa shape index (κ2) is 3.65. The zero-order chi connectivity index (χ0) is 9.94. The van der Waals surface area contributed by atoms with Gasteiger partial charge in [0.2, 0.25) is 0 Å². The molecule has 0 fully saturated rings. The van der Waals surface area contributed by atoms with Crippen molar-refractivity contribution in [2.24, 2.45) is 5.73 Å². The number of nitrogens with two attached hydrogens (primary N) is 1. The Hall–Kier alpha value is -0.920. The van der Waals surface area contributed by atoms with Crippen LogP contribution in [0.25, 0.3) is 0 Å². The Bertz CT molecular complexity index is 293. The Labute approximate surface area is 69.4 Å². The summed E-state index contributed by atoms with van der Waals surface area (Å²) in [6.45, 7) is 2.97. The first kappa shape index (κ1) is 11.1. The molecule has 6 nitrogen and oxygen atoms in total. The average molecular weight is 195 g/mol. The first-order valence-corrected chi connectivity index (χ1v) is 4.33. The van der Waals surface area contributed by atoms with Gasteiger partial charge < -0.3 is 10.8 Å². The maximum Gasteiger partial charge on any atom is 0.320 e. The molecule has 0 rings (SSSR count). The van der Waals surface area contributed by atoms with Gasteiger partial charge in [0.1, 0.15) is 6.04 Å². The van der Waals surface area contributed by atoms with E-state index in [0.717, 1.165) is 0 Å². The molecule has 0 aromatic heterocycles. The topological polar surface area (TPSA) is 118 Å². The standard InChI is InChI=1S/C5H9NO5S/c1-3(12(9,10)11)2-4(6)5(7)8/h4H,1-2,6H2,(H,7,8)(H,9,10,11). The molecule has 1 unspecified atom stereocenters. The molecule has 0 aliphatic carbocycles. The summed E-state index contributed by atoms with van der Waals surface area (Å²) in [5.41, 5.74) is 4.98. The molecular weight excluding hydrogens is 186 g/mol. The van der Waals surface area contributed by atoms with Gasteiger partial charge in [0.15, 0.2) is 0 Å². The van der Waals surface area contributed by atoms with E-state index in [0.29, 0.717) is 0 Å². The summed E-state index contributed by atoms with van der Waals surface area (Å²) in [6.07, 6.45) is -0.492. The molecule has 0 aliphatic rings. The van der Waals surface area contributed by atoms with E-state index >= 15 is 0 Å². The van der Waals surface area contributed by atoms with Gasteiger partial charge in [-0.25, -0.2) is 0 Å². The first-order valence-electron chi connectivity index (χ1n) is 2.89. The number of carboxylic acid groups (broad SMARTS) is 1. The van der Waals surface area contributed by atoms with Crippen LogP contribution in [0.3, 0.4) is 0 Å². The van der Waals surface area contributed by atoms with Crippen molar-refractivity contribution in [2.45, 2.75) is 12.5 Å². The van der Waals surface area contributed by atoms with E-state index in [1.807, 2.05) is 0 Å². The fourth-order valence-corrected chi connectivity index (χ4v) is 0.828. The molecule has 0 radical (unpaired) electrons. The third-order valence-electron chi connectivity index (χ3n) is 1.13. The molecule has 12 heavy (non-hydrogen) atoms. The molecule has 0 aromatic rings. The van der Waals surface area contributed by atoms with Crippen molar-refractivity contribution >= 4 is 16.1 Å². The summed E-state index contributed by atoms with van der Waals surface area (Å²) in [4.78, 5) is 9.52. The summed E-state index contributed by atoms with van der Waals surface area (Å²) in [5, 5.41) is 8.25. The predicted molar refractivity (Wildman–Crippen MR) is 40.9 cm³/mol. The van der Waals surface area contributed by atoms with Crippen LogP contribution in [0.5, 0.6) is 0 Å². The molecule has 0 saturated carbocycles. The number of hydrogen-bond donors (Lipinski definition) is 3. The quantitative estimate of drug-likeness (QED) is 0.505. The highest BCUT2D eigenvalue weighted by atomic mass is 32.2. The summed E-state index contributed by atoms with van der Waals surface area (Å²) < 4.78 is 28.9. The van der Waals surface area contributed by atoms with E-state index in [-0.39, 0.29) is 0 Å². The molecule has 70 valence electrons. The Morgan fingerprint density at radius 2 is 2.00 bits per heavy atom. The van der Waals surface area contributed by atoms with Crippen LogP contribution < -0.4 is 5.73 Å². The van der Waals surface area contributed by atoms with Crippen LogP contribution in [-0.2, 0) is 14.9 Å². The highest BCUT2D eigenvalue weighted by Gasteiger charge is 2.19. The van der Waals surface area contributed by atoms with E-state index < -0.39 is 33.5 Å². The minimum atomic E-state index is -4.37. The lowest BCUT2D eigenvalue weighted by molar-refractivity contribution is -0.138. The summed E-state index contributed by atoms with van der Waals surface area (Å²) in [7, 11) is -4.37. The predicted octanol–water partition coefficient (Wildman–Crippen LogP) is -0.810. The lowest BCUT2D eigenvalue weighted by Gasteiger charge is -2.05. The average Bonchev–Trinajstić information content (AvgIpc) is 1.85. The second-order valence-corrected chi connectivity index (χ2v) is 3.69. The number of aliphatic carboxylic acids is 1. The maximum atomic E-state index is 10.3. The summed E-state index contributed by atoms with van der Waals surface area (Å²) >= 11 is 0. The van der Waals surface area contributed by atoms with Gasteiger partial charge in [0.25, 0.3) is 10.1 Å². The molecule has 4 N–H and O–H groups in total. The third kappa shape index (κ3) is 3.46. The van der Waals surface area contributed by atoms with Gasteiger partial charge in [-0.3, -0.25) is 9.35 Å². The maximum absolute atomic E-state index is 10.3. The molecule has 0 aliphatic heterocycles. The van der Waals surface area contributed by atoms with Gasteiger partial charge >= 0.3 is 5.97 Å². The van der Waals surface area contributed by atoms with Crippen molar-refractivity contribution in [1.82, 2.24) is 0 Å². The summed E-state index contributed by atoms with van der Waals surface area (Å²) in [6, 6.07) is -1.36. The van der Waals surface area contributed by atoms with Crippen molar-refractivity contribution in [3.63, 3.8) is 0 Å². The largest absolute Gasteiger partial charge is 0.480 e. The van der Waals surface area contributed by atoms with Crippen LogP contribution in [-0.4, -0.2) is 30.1 Å². The van der Waals surface area contributed by atoms with Crippen molar-refractivity contribution in [3.8, 4) is 0 Å². The number of carbonyl (C=O) groups is 1. The van der Waals surface area contributed by atoms with Gasteiger partial charge in [0.05, 0.1) is 4.91 Å². The summed E-state index contributed by atoms with van der Waals surface area (Å²) in [5.74, 6) is -1.35. The molecule has 0 bridgehead atoms. The van der Waals surface area contributed by atoms with E-state index in [1.54, 1.807) is 0 Å². The fraction of sp³-hybridized carbons (Fsp3) is 0.400. The van der Waals surface area contributed by atoms with Gasteiger partial charge in [-0.05, 0) is 0 Å². The second-order valence-electron chi connectivity index (χ2n) is 2.16. The SMILES string of the molecule is C=C(CC(N)C(=O)O)S(=O)(=O)O. The molecule has 0 saturated heterocycles. The zero-order valence-corrected chi connectivity index (χ0v) is 6.91. The normalized spacial score (nSPS) is 13.8. The smallest absolute Gasteiger partial charge is 0.320 e. The Morgan fingerprint density at radius 3 is 2.25 bits per heavy atom. The van der Waals surface area contributed by atoms with Gasteiger partial charge in [-0.15, -0.1) is 0 Å². The Balaban J connectivity index is 4.31. The monoisotopic (exact) mass is 195 g/mol. The fourth-order valence-electron chi connectivity index (χ4n) is 0.438. The third-order valence-corrected chi connectivity index (χ3v) is 2.03. The highest BCUT2D eigenvalue weighted by Crippen LogP contribution is 2.07. The number of hydrogen-bond acceptors (Lipinski definition) is 4. The number of carboxylic acids is 1. The minimum Gasteiger partial charge on any atom is -0.480 e. The minimum absolute atomic E-state index is 0.492. The Kier molecular flexibility index (Phi) is 3.37. The van der Waals surface area contributed by atoms with Gasteiger partial charge in [0, 0.05) is 6.42 Å². The van der Waals surface area contributed by atoms with Crippen LogP contribution in [0.15, 0.2) is 11.5 Å². The lowest BCUT2D eigenvalue weighted by Crippen LogP contribution is -2.31. The molecule has 0 aromatic carbocycles. The van der Waals surface area contributed by atoms with Gasteiger partial charge in [-0.1, -0.05) is 6.58 Å². The first-order chi connectivity index (χ1) is 5.25.